The van der Waals surface area contributed by atoms with Gasteiger partial charge in [0.05, 0.1) is 17.4 Å². The van der Waals surface area contributed by atoms with Gasteiger partial charge in [-0.1, -0.05) is 29.8 Å². The van der Waals surface area contributed by atoms with Crippen LogP contribution in [-0.2, 0) is 0 Å². The number of aromatic nitrogens is 2. The number of piperidine rings is 1. The minimum Gasteiger partial charge on any atom is -0.338 e. The predicted molar refractivity (Wildman–Crippen MR) is 101 cm³/mol. The number of carbonyl (C=O) groups is 1. The molecule has 3 rings (SSSR count). The summed E-state index contributed by atoms with van der Waals surface area (Å²) in [5.41, 5.74) is 7.62. The molecule has 130 valence electrons. The van der Waals surface area contributed by atoms with Gasteiger partial charge < -0.3 is 10.6 Å². The normalized spacial score (nSPS) is 19.7. The fourth-order valence-corrected chi connectivity index (χ4v) is 3.16. The first-order valence-corrected chi connectivity index (χ1v) is 8.51. The molecule has 1 aliphatic rings. The largest absolute Gasteiger partial charge is 0.338 e. The summed E-state index contributed by atoms with van der Waals surface area (Å²) in [6, 6.07) is 7.94. The zero-order valence-electron chi connectivity index (χ0n) is 13.8. The van der Waals surface area contributed by atoms with Gasteiger partial charge in [0.15, 0.2) is 0 Å². The summed E-state index contributed by atoms with van der Waals surface area (Å²) in [6.07, 6.45) is 4.25. The molecule has 1 aliphatic heterocycles. The van der Waals surface area contributed by atoms with Crippen LogP contribution in [0.25, 0.3) is 5.69 Å². The fraction of sp³-hybridized carbons (Fsp3) is 0.412. The van der Waals surface area contributed by atoms with Gasteiger partial charge in [0, 0.05) is 29.8 Å². The zero-order chi connectivity index (χ0) is 16.6. The molecule has 1 aromatic heterocycles. The molecule has 1 atom stereocenters. The van der Waals surface area contributed by atoms with Crippen LogP contribution in [0.1, 0.15) is 30.6 Å². The van der Waals surface area contributed by atoms with E-state index in [0.717, 1.165) is 16.6 Å². The van der Waals surface area contributed by atoms with Crippen molar-refractivity contribution in [1.29, 1.82) is 0 Å². The SMILES string of the molecule is CC1(C)CN(C(=O)c2cnn(-c3ccc(Br)cc3)c2)CCC1N.Cl. The number of halogens is 2. The van der Waals surface area contributed by atoms with E-state index in [-0.39, 0.29) is 29.8 Å². The Morgan fingerprint density at radius 2 is 2.00 bits per heavy atom. The monoisotopic (exact) mass is 412 g/mol. The third kappa shape index (κ3) is 3.82. The first kappa shape index (κ1) is 19.0. The number of hydrogen-bond donors (Lipinski definition) is 1. The van der Waals surface area contributed by atoms with Crippen molar-refractivity contribution >= 4 is 34.2 Å². The topological polar surface area (TPSA) is 64.2 Å². The second-order valence-corrected chi connectivity index (χ2v) is 7.68. The number of benzene rings is 1. The van der Waals surface area contributed by atoms with E-state index >= 15 is 0 Å². The second kappa shape index (κ2) is 7.25. The molecule has 0 bridgehead atoms. The Bertz CT molecular complexity index is 714. The van der Waals surface area contributed by atoms with Gasteiger partial charge in [-0.05, 0) is 36.1 Å². The molecule has 7 heteroatoms. The fourth-order valence-electron chi connectivity index (χ4n) is 2.90. The molecule has 0 radical (unpaired) electrons. The van der Waals surface area contributed by atoms with E-state index < -0.39 is 0 Å². The van der Waals surface area contributed by atoms with E-state index in [1.165, 1.54) is 0 Å². The lowest BCUT2D eigenvalue weighted by Gasteiger charge is -2.42. The average Bonchev–Trinajstić information content (AvgIpc) is 3.00. The van der Waals surface area contributed by atoms with Crippen molar-refractivity contribution in [2.45, 2.75) is 26.3 Å². The molecule has 2 N–H and O–H groups in total. The molecular formula is C17H22BrClN4O. The molecule has 0 saturated carbocycles. The number of carbonyl (C=O) groups excluding carboxylic acids is 1. The number of nitrogens with two attached hydrogens (primary N) is 1. The highest BCUT2D eigenvalue weighted by molar-refractivity contribution is 9.10. The Hall–Kier alpha value is -1.37. The van der Waals surface area contributed by atoms with Gasteiger partial charge in [-0.2, -0.15) is 5.10 Å². The summed E-state index contributed by atoms with van der Waals surface area (Å²) in [5, 5.41) is 4.31. The minimum absolute atomic E-state index is 0. The molecular weight excluding hydrogens is 392 g/mol. The first-order chi connectivity index (χ1) is 10.9. The third-order valence-electron chi connectivity index (χ3n) is 4.52. The van der Waals surface area contributed by atoms with E-state index in [4.69, 9.17) is 5.73 Å². The summed E-state index contributed by atoms with van der Waals surface area (Å²) in [6.45, 7) is 5.61. The lowest BCUT2D eigenvalue weighted by Crippen LogP contribution is -2.53. The van der Waals surface area contributed by atoms with Gasteiger partial charge in [0.2, 0.25) is 0 Å². The minimum atomic E-state index is -0.0599. The highest BCUT2D eigenvalue weighted by Gasteiger charge is 2.35. The summed E-state index contributed by atoms with van der Waals surface area (Å²) in [7, 11) is 0. The Labute approximate surface area is 156 Å². The first-order valence-electron chi connectivity index (χ1n) is 7.72. The summed E-state index contributed by atoms with van der Waals surface area (Å²) < 4.78 is 2.73. The maximum Gasteiger partial charge on any atom is 0.257 e. The summed E-state index contributed by atoms with van der Waals surface area (Å²) >= 11 is 3.41. The van der Waals surface area contributed by atoms with E-state index in [1.54, 1.807) is 17.1 Å². The van der Waals surface area contributed by atoms with Gasteiger partial charge >= 0.3 is 0 Å². The zero-order valence-corrected chi connectivity index (χ0v) is 16.2. The van der Waals surface area contributed by atoms with Crippen LogP contribution >= 0.6 is 28.3 Å². The molecule has 1 fully saturated rings. The standard InChI is InChI=1S/C17H21BrN4O.ClH/c1-17(2)11-21(8-7-15(17)19)16(23)12-9-20-22(10-12)14-5-3-13(18)4-6-14;/h3-6,9-10,15H,7-8,11,19H2,1-2H3;1H. The van der Waals surface area contributed by atoms with E-state index in [9.17, 15) is 4.79 Å². The van der Waals surface area contributed by atoms with Crippen LogP contribution in [-0.4, -0.2) is 39.7 Å². The van der Waals surface area contributed by atoms with E-state index in [2.05, 4.69) is 34.9 Å². The van der Waals surface area contributed by atoms with Crippen LogP contribution in [0.15, 0.2) is 41.1 Å². The number of hydrogen-bond acceptors (Lipinski definition) is 3. The molecule has 1 unspecified atom stereocenters. The van der Waals surface area contributed by atoms with Crippen LogP contribution in [0.3, 0.4) is 0 Å². The Morgan fingerprint density at radius 3 is 2.62 bits per heavy atom. The van der Waals surface area contributed by atoms with Gasteiger partial charge in [-0.15, -0.1) is 12.4 Å². The highest BCUT2D eigenvalue weighted by atomic mass is 79.9. The number of rotatable bonds is 2. The number of amides is 1. The molecule has 1 saturated heterocycles. The molecule has 0 aliphatic carbocycles. The highest BCUT2D eigenvalue weighted by Crippen LogP contribution is 2.28. The Balaban J connectivity index is 0.00000208. The average molecular weight is 414 g/mol. The van der Waals surface area contributed by atoms with Crippen molar-refractivity contribution in [3.8, 4) is 5.69 Å². The number of likely N-dealkylation sites (tertiary alicyclic amines) is 1. The second-order valence-electron chi connectivity index (χ2n) is 6.76. The van der Waals surface area contributed by atoms with Crippen molar-refractivity contribution in [2.24, 2.45) is 11.1 Å². The molecule has 0 spiro atoms. The van der Waals surface area contributed by atoms with Crippen molar-refractivity contribution < 1.29 is 4.79 Å². The molecule has 1 aromatic carbocycles. The van der Waals surface area contributed by atoms with Crippen molar-refractivity contribution in [3.05, 3.63) is 46.7 Å². The van der Waals surface area contributed by atoms with E-state index in [0.29, 0.717) is 18.7 Å². The number of nitrogens with zero attached hydrogens (tertiary/aromatic N) is 3. The van der Waals surface area contributed by atoms with Gasteiger partial charge in [-0.3, -0.25) is 4.79 Å². The molecule has 5 nitrogen and oxygen atoms in total. The maximum absolute atomic E-state index is 12.7. The van der Waals surface area contributed by atoms with Gasteiger partial charge in [0.25, 0.3) is 5.91 Å². The molecule has 1 amide bonds. The third-order valence-corrected chi connectivity index (χ3v) is 5.05. The van der Waals surface area contributed by atoms with Gasteiger partial charge in [0.1, 0.15) is 0 Å². The molecule has 2 aromatic rings. The predicted octanol–water partition coefficient (Wildman–Crippen LogP) is 3.26. The Kier molecular flexibility index (Phi) is 5.73. The van der Waals surface area contributed by atoms with Crippen LogP contribution in [0, 0.1) is 5.41 Å². The van der Waals surface area contributed by atoms with E-state index in [1.807, 2.05) is 29.2 Å². The van der Waals surface area contributed by atoms with Crippen LogP contribution < -0.4 is 5.73 Å². The van der Waals surface area contributed by atoms with Crippen molar-refractivity contribution in [2.75, 3.05) is 13.1 Å². The van der Waals surface area contributed by atoms with Crippen molar-refractivity contribution in [1.82, 2.24) is 14.7 Å². The quantitative estimate of drug-likeness (QED) is 0.822. The smallest absolute Gasteiger partial charge is 0.257 e. The molecule has 2 heterocycles. The lowest BCUT2D eigenvalue weighted by molar-refractivity contribution is 0.0533. The van der Waals surface area contributed by atoms with Crippen molar-refractivity contribution in [3.63, 3.8) is 0 Å². The maximum atomic E-state index is 12.7. The molecule has 24 heavy (non-hydrogen) atoms. The van der Waals surface area contributed by atoms with Crippen LogP contribution in [0.2, 0.25) is 0 Å². The summed E-state index contributed by atoms with van der Waals surface area (Å²) in [5.74, 6) is 0.0216. The summed E-state index contributed by atoms with van der Waals surface area (Å²) in [4.78, 5) is 14.6. The van der Waals surface area contributed by atoms with Gasteiger partial charge in [-0.25, -0.2) is 4.68 Å². The van der Waals surface area contributed by atoms with Crippen LogP contribution in [0.4, 0.5) is 0 Å². The van der Waals surface area contributed by atoms with Crippen LogP contribution in [0.5, 0.6) is 0 Å². The lowest BCUT2D eigenvalue weighted by atomic mass is 9.79. The Morgan fingerprint density at radius 1 is 1.33 bits per heavy atom.